The molecule has 0 unspecified atom stereocenters. The molecule has 1 aromatic heterocycles. The predicted molar refractivity (Wildman–Crippen MR) is 146 cm³/mol. The number of carbonyl (C=O) groups excluding carboxylic acids is 1. The molecular weight excluding hydrogens is 492 g/mol. The summed E-state index contributed by atoms with van der Waals surface area (Å²) in [4.78, 5) is 31.5. The van der Waals surface area contributed by atoms with Crippen molar-refractivity contribution in [3.8, 4) is 0 Å². The van der Waals surface area contributed by atoms with Gasteiger partial charge in [0, 0.05) is 25.3 Å². The Kier molecular flexibility index (Phi) is 11.6. The normalized spacial score (nSPS) is 13.8. The third-order valence-electron chi connectivity index (χ3n) is 6.42. The number of aliphatic carboxylic acids is 1. The SMILES string of the molecule is CC(C)OCCN(CCCCc1ccc2c(n1)NCCC2)CC[C@H](NC(=O)c1ccccc1Cl)C(=O)O. The number of nitrogens with zero attached hydrogens (tertiary/aromatic N) is 2. The average Bonchev–Trinajstić information content (AvgIpc) is 2.88. The number of anilines is 1. The molecule has 2 aromatic rings. The molecule has 37 heavy (non-hydrogen) atoms. The van der Waals surface area contributed by atoms with Gasteiger partial charge in [-0.05, 0) is 82.7 Å². The van der Waals surface area contributed by atoms with Crippen molar-refractivity contribution in [2.75, 3.05) is 38.1 Å². The van der Waals surface area contributed by atoms with Crippen molar-refractivity contribution < 1.29 is 19.4 Å². The van der Waals surface area contributed by atoms with Gasteiger partial charge in [0.2, 0.25) is 0 Å². The fourth-order valence-electron chi connectivity index (χ4n) is 4.35. The van der Waals surface area contributed by atoms with Crippen molar-refractivity contribution in [1.29, 1.82) is 0 Å². The van der Waals surface area contributed by atoms with E-state index in [1.165, 1.54) is 5.56 Å². The molecule has 1 aliphatic heterocycles. The Morgan fingerprint density at radius 1 is 1.16 bits per heavy atom. The highest BCUT2D eigenvalue weighted by atomic mass is 35.5. The van der Waals surface area contributed by atoms with E-state index < -0.39 is 17.9 Å². The molecule has 1 atom stereocenters. The van der Waals surface area contributed by atoms with E-state index in [0.29, 0.717) is 24.7 Å². The molecule has 9 heteroatoms. The quantitative estimate of drug-likeness (QED) is 0.293. The molecule has 0 spiro atoms. The number of pyridine rings is 1. The molecule has 0 saturated carbocycles. The van der Waals surface area contributed by atoms with Crippen molar-refractivity contribution in [1.82, 2.24) is 15.2 Å². The highest BCUT2D eigenvalue weighted by Gasteiger charge is 2.22. The second kappa shape index (κ2) is 14.9. The number of aryl methyl sites for hydroxylation is 2. The van der Waals surface area contributed by atoms with Crippen molar-refractivity contribution in [2.45, 2.75) is 64.5 Å². The summed E-state index contributed by atoms with van der Waals surface area (Å²) in [5.41, 5.74) is 2.65. The van der Waals surface area contributed by atoms with Gasteiger partial charge in [0.25, 0.3) is 5.91 Å². The van der Waals surface area contributed by atoms with Crippen LogP contribution >= 0.6 is 11.6 Å². The van der Waals surface area contributed by atoms with Gasteiger partial charge in [-0.1, -0.05) is 29.8 Å². The second-order valence-electron chi connectivity index (χ2n) is 9.69. The summed E-state index contributed by atoms with van der Waals surface area (Å²) in [6, 6.07) is 9.91. The van der Waals surface area contributed by atoms with E-state index in [0.717, 1.165) is 56.7 Å². The summed E-state index contributed by atoms with van der Waals surface area (Å²) in [6.07, 6.45) is 5.49. The van der Waals surface area contributed by atoms with E-state index in [-0.39, 0.29) is 18.1 Å². The van der Waals surface area contributed by atoms with Gasteiger partial charge in [0.05, 0.1) is 23.3 Å². The monoisotopic (exact) mass is 530 g/mol. The van der Waals surface area contributed by atoms with Crippen molar-refractivity contribution in [3.05, 3.63) is 58.2 Å². The summed E-state index contributed by atoms with van der Waals surface area (Å²) in [5.74, 6) is -0.527. The minimum Gasteiger partial charge on any atom is -0.480 e. The smallest absolute Gasteiger partial charge is 0.326 e. The van der Waals surface area contributed by atoms with Gasteiger partial charge in [-0.25, -0.2) is 9.78 Å². The first-order valence-corrected chi connectivity index (χ1v) is 13.6. The Labute approximate surface area is 224 Å². The molecule has 0 aliphatic carbocycles. The number of halogens is 1. The average molecular weight is 531 g/mol. The van der Waals surface area contributed by atoms with E-state index in [2.05, 4.69) is 27.7 Å². The number of benzene rings is 1. The molecule has 2 heterocycles. The zero-order valence-corrected chi connectivity index (χ0v) is 22.6. The van der Waals surface area contributed by atoms with E-state index in [4.69, 9.17) is 21.3 Å². The highest BCUT2D eigenvalue weighted by Crippen LogP contribution is 2.20. The van der Waals surface area contributed by atoms with Gasteiger partial charge in [0.1, 0.15) is 11.9 Å². The van der Waals surface area contributed by atoms with Crippen LogP contribution in [0.5, 0.6) is 0 Å². The summed E-state index contributed by atoms with van der Waals surface area (Å²) in [5, 5.41) is 16.0. The van der Waals surface area contributed by atoms with Crippen LogP contribution in [-0.2, 0) is 22.4 Å². The molecule has 0 bridgehead atoms. The predicted octanol–water partition coefficient (Wildman–Crippen LogP) is 4.42. The second-order valence-corrected chi connectivity index (χ2v) is 10.1. The maximum atomic E-state index is 12.6. The van der Waals surface area contributed by atoms with Crippen LogP contribution in [0.4, 0.5) is 5.82 Å². The molecule has 0 fully saturated rings. The number of hydrogen-bond acceptors (Lipinski definition) is 6. The molecule has 1 aliphatic rings. The van der Waals surface area contributed by atoms with Gasteiger partial charge >= 0.3 is 5.97 Å². The topological polar surface area (TPSA) is 104 Å². The van der Waals surface area contributed by atoms with Crippen LogP contribution in [-0.4, -0.2) is 71.8 Å². The van der Waals surface area contributed by atoms with Gasteiger partial charge in [-0.2, -0.15) is 0 Å². The third kappa shape index (κ3) is 9.61. The standard InChI is InChI=1S/C28H39ClN4O4/c1-20(2)37-19-18-33(16-6-5-9-22-13-12-21-8-7-15-30-26(21)31-22)17-14-25(28(35)36)32-27(34)23-10-3-4-11-24(23)29/h3-4,10-13,20,25H,5-9,14-19H2,1-2H3,(H,30,31)(H,32,34)(H,35,36)/t25-/m0/s1. The van der Waals surface area contributed by atoms with E-state index in [1.54, 1.807) is 24.3 Å². The van der Waals surface area contributed by atoms with Gasteiger partial charge in [-0.3, -0.25) is 4.79 Å². The Morgan fingerprint density at radius 2 is 1.97 bits per heavy atom. The number of ether oxygens (including phenoxy) is 1. The Hall–Kier alpha value is -2.68. The van der Waals surface area contributed by atoms with Crippen molar-refractivity contribution >= 4 is 29.3 Å². The van der Waals surface area contributed by atoms with Crippen LogP contribution in [0.2, 0.25) is 5.02 Å². The van der Waals surface area contributed by atoms with Crippen LogP contribution in [0.25, 0.3) is 0 Å². The Balaban J connectivity index is 1.51. The number of carboxylic acids is 1. The largest absolute Gasteiger partial charge is 0.480 e. The fraction of sp³-hybridized carbons (Fsp3) is 0.536. The maximum absolute atomic E-state index is 12.6. The number of carbonyl (C=O) groups is 2. The molecule has 1 aromatic carbocycles. The zero-order chi connectivity index (χ0) is 26.6. The Bertz CT molecular complexity index is 1030. The van der Waals surface area contributed by atoms with Crippen LogP contribution in [0.3, 0.4) is 0 Å². The van der Waals surface area contributed by atoms with Gasteiger partial charge in [-0.15, -0.1) is 0 Å². The van der Waals surface area contributed by atoms with Crippen LogP contribution in [0, 0.1) is 0 Å². The first-order valence-electron chi connectivity index (χ1n) is 13.2. The number of carboxylic acid groups (broad SMARTS) is 1. The molecule has 3 N–H and O–H groups in total. The van der Waals surface area contributed by atoms with Gasteiger partial charge in [0.15, 0.2) is 0 Å². The summed E-state index contributed by atoms with van der Waals surface area (Å²) >= 11 is 6.10. The lowest BCUT2D eigenvalue weighted by molar-refractivity contribution is -0.139. The number of aromatic nitrogens is 1. The van der Waals surface area contributed by atoms with Gasteiger partial charge < -0.3 is 25.4 Å². The number of amides is 1. The maximum Gasteiger partial charge on any atom is 0.326 e. The molecular formula is C28H39ClN4O4. The number of hydrogen-bond donors (Lipinski definition) is 3. The van der Waals surface area contributed by atoms with E-state index >= 15 is 0 Å². The molecule has 202 valence electrons. The third-order valence-corrected chi connectivity index (χ3v) is 6.75. The fourth-order valence-corrected chi connectivity index (χ4v) is 4.57. The number of rotatable bonds is 15. The Morgan fingerprint density at radius 3 is 2.73 bits per heavy atom. The van der Waals surface area contributed by atoms with Crippen molar-refractivity contribution in [2.24, 2.45) is 0 Å². The number of fused-ring (bicyclic) bond motifs is 1. The number of nitrogens with one attached hydrogen (secondary N) is 2. The minimum atomic E-state index is -1.06. The first-order chi connectivity index (χ1) is 17.8. The summed E-state index contributed by atoms with van der Waals surface area (Å²) in [6.45, 7) is 7.58. The van der Waals surface area contributed by atoms with E-state index in [9.17, 15) is 14.7 Å². The zero-order valence-electron chi connectivity index (χ0n) is 21.8. The summed E-state index contributed by atoms with van der Waals surface area (Å²) in [7, 11) is 0. The molecule has 0 radical (unpaired) electrons. The lowest BCUT2D eigenvalue weighted by Crippen LogP contribution is -2.43. The van der Waals surface area contributed by atoms with Crippen LogP contribution in [0.15, 0.2) is 36.4 Å². The lowest BCUT2D eigenvalue weighted by atomic mass is 10.1. The molecule has 8 nitrogen and oxygen atoms in total. The van der Waals surface area contributed by atoms with E-state index in [1.807, 2.05) is 13.8 Å². The minimum absolute atomic E-state index is 0.132. The van der Waals surface area contributed by atoms with Crippen LogP contribution < -0.4 is 10.6 Å². The molecule has 3 rings (SSSR count). The van der Waals surface area contributed by atoms with Crippen molar-refractivity contribution in [3.63, 3.8) is 0 Å². The molecule has 1 amide bonds. The highest BCUT2D eigenvalue weighted by molar-refractivity contribution is 6.33. The lowest BCUT2D eigenvalue weighted by Gasteiger charge is -2.25. The number of unbranched alkanes of at least 4 members (excludes halogenated alkanes) is 1. The molecule has 0 saturated heterocycles. The summed E-state index contributed by atoms with van der Waals surface area (Å²) < 4.78 is 5.73. The van der Waals surface area contributed by atoms with Crippen LogP contribution in [0.1, 0.15) is 61.1 Å². The first kappa shape index (κ1) is 28.9.